The molecule has 28 heavy (non-hydrogen) atoms. The topological polar surface area (TPSA) is 86.6 Å². The van der Waals surface area contributed by atoms with Crippen LogP contribution in [0.2, 0.25) is 0 Å². The van der Waals surface area contributed by atoms with Crippen LogP contribution in [0.25, 0.3) is 10.2 Å². The second-order valence-electron chi connectivity index (χ2n) is 5.96. The van der Waals surface area contributed by atoms with Crippen molar-refractivity contribution in [3.8, 4) is 0 Å². The fraction of sp³-hybridized carbons (Fsp3) is 0.235. The van der Waals surface area contributed by atoms with Gasteiger partial charge in [0.1, 0.15) is 5.92 Å². The van der Waals surface area contributed by atoms with Crippen molar-refractivity contribution in [2.45, 2.75) is 12.6 Å². The number of aromatic amines is 1. The van der Waals surface area contributed by atoms with Crippen LogP contribution in [-0.4, -0.2) is 45.5 Å². The van der Waals surface area contributed by atoms with Crippen LogP contribution in [0.3, 0.4) is 0 Å². The molecular weight excluding hydrogens is 393 g/mol. The van der Waals surface area contributed by atoms with E-state index in [4.69, 9.17) is 0 Å². The first-order valence-electron chi connectivity index (χ1n) is 8.26. The molecule has 7 nitrogen and oxygen atoms in total. The highest BCUT2D eigenvalue weighted by atomic mass is 32.1. The number of hydrogen-bond donors (Lipinski definition) is 1. The molecule has 1 aliphatic heterocycles. The molecule has 3 heterocycles. The Morgan fingerprint density at radius 3 is 2.86 bits per heavy atom. The summed E-state index contributed by atoms with van der Waals surface area (Å²) in [4.78, 5) is 27.6. The molecule has 144 valence electrons. The first-order valence-corrected chi connectivity index (χ1v) is 9.07. The average molecular weight is 406 g/mol. The predicted octanol–water partition coefficient (Wildman–Crippen LogP) is 3.21. The first kappa shape index (κ1) is 18.3. The first-order chi connectivity index (χ1) is 13.4. The van der Waals surface area contributed by atoms with Crippen molar-refractivity contribution in [3.05, 3.63) is 42.5 Å². The lowest BCUT2D eigenvalue weighted by atomic mass is 10.0. The lowest BCUT2D eigenvalue weighted by Crippen LogP contribution is -2.34. The Morgan fingerprint density at radius 1 is 1.32 bits per heavy atom. The molecule has 0 fully saturated rings. The summed E-state index contributed by atoms with van der Waals surface area (Å²) >= 11 is 1.10. The van der Waals surface area contributed by atoms with E-state index >= 15 is 0 Å². The number of hydrazone groups is 1. The van der Waals surface area contributed by atoms with Gasteiger partial charge < -0.3 is 4.98 Å². The van der Waals surface area contributed by atoms with Crippen molar-refractivity contribution in [2.24, 2.45) is 16.0 Å². The fourth-order valence-corrected chi connectivity index (χ4v) is 3.63. The number of benzene rings is 1. The zero-order chi connectivity index (χ0) is 19.7. The third kappa shape index (κ3) is 3.52. The van der Waals surface area contributed by atoms with Gasteiger partial charge in [-0.1, -0.05) is 23.5 Å². The van der Waals surface area contributed by atoms with Crippen LogP contribution in [0.5, 0.6) is 0 Å². The van der Waals surface area contributed by atoms with Gasteiger partial charge in [-0.3, -0.25) is 9.79 Å². The van der Waals surface area contributed by atoms with Gasteiger partial charge in [0, 0.05) is 31.1 Å². The number of thiazole rings is 1. The summed E-state index contributed by atoms with van der Waals surface area (Å²) in [5, 5.41) is 4.35. The molecule has 3 aromatic rings. The smallest absolute Gasteiger partial charge is 0.348 e. The molecule has 4 rings (SSSR count). The van der Waals surface area contributed by atoms with E-state index in [-0.39, 0.29) is 11.7 Å². The monoisotopic (exact) mass is 406 g/mol. The van der Waals surface area contributed by atoms with E-state index in [9.17, 15) is 18.0 Å². The molecule has 0 bridgehead atoms. The normalized spacial score (nSPS) is 17.8. The number of anilines is 1. The number of fused-ring (bicyclic) bond motifs is 1. The maximum absolute atomic E-state index is 13.4. The number of hydrogen-bond acceptors (Lipinski definition) is 6. The molecule has 1 aliphatic rings. The third-order valence-corrected chi connectivity index (χ3v) is 5.06. The summed E-state index contributed by atoms with van der Waals surface area (Å²) in [5.74, 6) is -2.41. The lowest BCUT2D eigenvalue weighted by Gasteiger charge is -2.09. The van der Waals surface area contributed by atoms with Crippen LogP contribution in [-0.2, 0) is 11.2 Å². The quantitative estimate of drug-likeness (QED) is 0.660. The predicted molar refractivity (Wildman–Crippen MR) is 99.7 cm³/mol. The van der Waals surface area contributed by atoms with Gasteiger partial charge in [-0.25, -0.2) is 9.97 Å². The number of halogens is 3. The standard InChI is InChI=1S/C17H13F3N6OS/c18-17(19,20)14-11(8-21-6-5-10-7-22-9-23-10)15(27)26(25-14)16-24-12-3-1-2-4-13(12)28-16/h1-4,7-9,11H,5-6H2,(H,22,23)/t11-/m1/s1. The molecule has 1 amide bonds. The number of carbonyl (C=O) groups is 1. The average Bonchev–Trinajstić information content (AvgIpc) is 3.37. The maximum atomic E-state index is 13.4. The van der Waals surface area contributed by atoms with E-state index in [2.05, 4.69) is 25.0 Å². The van der Waals surface area contributed by atoms with Crippen molar-refractivity contribution in [3.63, 3.8) is 0 Å². The van der Waals surface area contributed by atoms with Gasteiger partial charge in [-0.05, 0) is 12.1 Å². The molecule has 0 saturated heterocycles. The Hall–Kier alpha value is -3.08. The van der Waals surface area contributed by atoms with Gasteiger partial charge >= 0.3 is 6.18 Å². The van der Waals surface area contributed by atoms with Gasteiger partial charge in [0.05, 0.1) is 16.5 Å². The zero-order valence-corrected chi connectivity index (χ0v) is 15.0. The zero-order valence-electron chi connectivity index (χ0n) is 14.2. The fourth-order valence-electron chi connectivity index (χ4n) is 2.71. The number of alkyl halides is 3. The van der Waals surface area contributed by atoms with E-state index in [0.717, 1.165) is 33.0 Å². The van der Waals surface area contributed by atoms with Crippen LogP contribution in [0.1, 0.15) is 5.69 Å². The van der Waals surface area contributed by atoms with Crippen molar-refractivity contribution in [2.75, 3.05) is 11.6 Å². The van der Waals surface area contributed by atoms with E-state index in [0.29, 0.717) is 11.9 Å². The number of amides is 1. The van der Waals surface area contributed by atoms with Gasteiger partial charge in [0.15, 0.2) is 5.71 Å². The molecule has 1 N–H and O–H groups in total. The summed E-state index contributed by atoms with van der Waals surface area (Å²) in [6, 6.07) is 7.05. The minimum absolute atomic E-state index is 0.0984. The van der Waals surface area contributed by atoms with Gasteiger partial charge in [-0.2, -0.15) is 23.3 Å². The number of imidazole rings is 1. The molecule has 1 atom stereocenters. The van der Waals surface area contributed by atoms with Crippen molar-refractivity contribution in [1.29, 1.82) is 0 Å². The molecule has 0 spiro atoms. The van der Waals surface area contributed by atoms with E-state index < -0.39 is 23.7 Å². The molecule has 0 aliphatic carbocycles. The van der Waals surface area contributed by atoms with Crippen molar-refractivity contribution in [1.82, 2.24) is 15.0 Å². The third-order valence-electron chi connectivity index (χ3n) is 4.05. The molecule has 1 aromatic carbocycles. The lowest BCUT2D eigenvalue weighted by molar-refractivity contribution is -0.119. The van der Waals surface area contributed by atoms with Crippen LogP contribution < -0.4 is 5.01 Å². The second kappa shape index (κ2) is 7.15. The number of para-hydroxylation sites is 1. The Morgan fingerprint density at radius 2 is 2.14 bits per heavy atom. The van der Waals surface area contributed by atoms with Crippen molar-refractivity contribution < 1.29 is 18.0 Å². The second-order valence-corrected chi connectivity index (χ2v) is 6.97. The van der Waals surface area contributed by atoms with Gasteiger partial charge in [0.25, 0.3) is 5.91 Å². The highest BCUT2D eigenvalue weighted by Gasteiger charge is 2.50. The number of aromatic nitrogens is 3. The Bertz CT molecular complexity index is 1020. The van der Waals surface area contributed by atoms with Gasteiger partial charge in [0.2, 0.25) is 5.13 Å². The SMILES string of the molecule is O=C1[C@H](C=NCCc2cnc[nH]2)C(C(F)(F)F)=NN1c1nc2ccccc2s1. The van der Waals surface area contributed by atoms with E-state index in [1.54, 1.807) is 30.5 Å². The van der Waals surface area contributed by atoms with Crippen LogP contribution in [0.4, 0.5) is 18.3 Å². The summed E-state index contributed by atoms with van der Waals surface area (Å²) in [5.41, 5.74) is 0.202. The van der Waals surface area contributed by atoms with Crippen LogP contribution in [0, 0.1) is 5.92 Å². The summed E-state index contributed by atoms with van der Waals surface area (Å²) in [6.45, 7) is 0.220. The molecule has 11 heteroatoms. The van der Waals surface area contributed by atoms with Crippen LogP contribution >= 0.6 is 11.3 Å². The minimum Gasteiger partial charge on any atom is -0.348 e. The molecule has 0 radical (unpaired) electrons. The highest BCUT2D eigenvalue weighted by molar-refractivity contribution is 7.22. The summed E-state index contributed by atoms with van der Waals surface area (Å²) in [7, 11) is 0. The largest absolute Gasteiger partial charge is 0.432 e. The number of aliphatic imine (C=N–C) groups is 1. The maximum Gasteiger partial charge on any atom is 0.432 e. The number of H-pyrrole nitrogens is 1. The Balaban J connectivity index is 1.57. The van der Waals surface area contributed by atoms with E-state index in [1.165, 1.54) is 6.33 Å². The molecular formula is C17H13F3N6OS. The number of nitrogens with zero attached hydrogens (tertiary/aromatic N) is 5. The molecule has 2 aromatic heterocycles. The Labute approximate surface area is 160 Å². The highest BCUT2D eigenvalue weighted by Crippen LogP contribution is 2.35. The van der Waals surface area contributed by atoms with E-state index in [1.807, 2.05) is 0 Å². The molecule has 0 unspecified atom stereocenters. The number of nitrogens with one attached hydrogen (secondary N) is 1. The summed E-state index contributed by atoms with van der Waals surface area (Å²) in [6.07, 6.45) is -0.158. The van der Waals surface area contributed by atoms with Crippen LogP contribution in [0.15, 0.2) is 46.9 Å². The Kier molecular flexibility index (Phi) is 4.67. The van der Waals surface area contributed by atoms with Gasteiger partial charge in [-0.15, -0.1) is 0 Å². The number of rotatable bonds is 5. The number of carbonyl (C=O) groups excluding carboxylic acids is 1. The summed E-state index contributed by atoms with van der Waals surface area (Å²) < 4.78 is 41.0. The molecule has 0 saturated carbocycles. The van der Waals surface area contributed by atoms with Crippen molar-refractivity contribution >= 4 is 44.5 Å². The minimum atomic E-state index is -4.75.